The summed E-state index contributed by atoms with van der Waals surface area (Å²) in [6.07, 6.45) is -17.0. The molecule has 5 aliphatic rings. The van der Waals surface area contributed by atoms with E-state index in [9.17, 15) is 30.6 Å². The second kappa shape index (κ2) is 14.4. The third-order valence-corrected chi connectivity index (χ3v) is 9.70. The van der Waals surface area contributed by atoms with Crippen molar-refractivity contribution in [3.63, 3.8) is 0 Å². The number of aliphatic hydroxyl groups excluding tert-OH is 6. The second-order valence-corrected chi connectivity index (χ2v) is 13.1. The monoisotopic (exact) mass is 653 g/mol. The molecule has 0 amide bonds. The molecule has 18 heteroatoms. The summed E-state index contributed by atoms with van der Waals surface area (Å²) >= 11 is 0. The van der Waals surface area contributed by atoms with Crippen LogP contribution in [0.15, 0.2) is 0 Å². The molecule has 0 bridgehead atoms. The van der Waals surface area contributed by atoms with Crippen LogP contribution in [-0.4, -0.2) is 166 Å². The molecule has 0 aromatic carbocycles. The summed E-state index contributed by atoms with van der Waals surface area (Å²) in [6, 6.07) is -3.87. The van der Waals surface area contributed by atoms with Gasteiger partial charge in [-0.15, -0.1) is 0 Å². The molecule has 0 aromatic rings. The van der Waals surface area contributed by atoms with Gasteiger partial charge in [0, 0.05) is 18.6 Å². The molecule has 16 N–H and O–H groups in total. The van der Waals surface area contributed by atoms with E-state index in [2.05, 4.69) is 0 Å². The third-order valence-electron chi connectivity index (χ3n) is 9.70. The molecule has 0 aromatic heterocycles. The molecule has 1 saturated carbocycles. The van der Waals surface area contributed by atoms with E-state index in [0.717, 1.165) is 0 Å². The summed E-state index contributed by atoms with van der Waals surface area (Å²) in [5, 5.41) is 63.9. The van der Waals surface area contributed by atoms with Crippen LogP contribution in [0.2, 0.25) is 0 Å². The third kappa shape index (κ3) is 6.91. The van der Waals surface area contributed by atoms with Gasteiger partial charge in [0.2, 0.25) is 0 Å². The van der Waals surface area contributed by atoms with Gasteiger partial charge in [-0.2, -0.15) is 0 Å². The number of hydrogen-bond acceptors (Lipinski definition) is 18. The maximum Gasteiger partial charge on any atom is 0.187 e. The number of ether oxygens (including phenoxy) is 7. The van der Waals surface area contributed by atoms with E-state index in [1.165, 1.54) is 0 Å². The first-order valence-electron chi connectivity index (χ1n) is 15.6. The molecule has 1 aliphatic carbocycles. The minimum atomic E-state index is -1.57. The zero-order valence-electron chi connectivity index (χ0n) is 25.4. The quantitative estimate of drug-likeness (QED) is 0.116. The molecular formula is C27H51N5O13. The Morgan fingerprint density at radius 1 is 0.600 bits per heavy atom. The van der Waals surface area contributed by atoms with E-state index in [1.54, 1.807) is 0 Å². The number of hydrogen-bond donors (Lipinski definition) is 11. The molecule has 4 aliphatic heterocycles. The van der Waals surface area contributed by atoms with Crippen LogP contribution in [0.5, 0.6) is 0 Å². The van der Waals surface area contributed by atoms with Crippen molar-refractivity contribution in [2.75, 3.05) is 13.2 Å². The first-order chi connectivity index (χ1) is 21.3. The summed E-state index contributed by atoms with van der Waals surface area (Å²) in [6.45, 7) is 3.13. The Morgan fingerprint density at radius 2 is 1.20 bits per heavy atom. The summed E-state index contributed by atoms with van der Waals surface area (Å²) in [4.78, 5) is 0. The molecule has 21 atom stereocenters. The van der Waals surface area contributed by atoms with Gasteiger partial charge >= 0.3 is 0 Å². The first-order valence-corrected chi connectivity index (χ1v) is 15.6. The molecule has 45 heavy (non-hydrogen) atoms. The lowest BCUT2D eigenvalue weighted by Gasteiger charge is -2.51. The average molecular weight is 654 g/mol. The van der Waals surface area contributed by atoms with Crippen LogP contribution in [0.3, 0.4) is 0 Å². The van der Waals surface area contributed by atoms with E-state index >= 15 is 0 Å². The van der Waals surface area contributed by atoms with Crippen molar-refractivity contribution < 1.29 is 63.8 Å². The molecule has 18 nitrogen and oxygen atoms in total. The average Bonchev–Trinajstić information content (AvgIpc) is 3.30. The van der Waals surface area contributed by atoms with Crippen LogP contribution in [0.4, 0.5) is 0 Å². The van der Waals surface area contributed by atoms with Crippen molar-refractivity contribution in [2.45, 2.75) is 149 Å². The maximum atomic E-state index is 11.2. The Morgan fingerprint density at radius 3 is 1.87 bits per heavy atom. The lowest BCUT2D eigenvalue weighted by Crippen LogP contribution is -2.69. The molecule has 4 heterocycles. The first kappa shape index (κ1) is 35.6. The zero-order valence-corrected chi connectivity index (χ0v) is 25.4. The van der Waals surface area contributed by atoms with Crippen LogP contribution in [-0.2, 0) is 33.2 Å². The predicted molar refractivity (Wildman–Crippen MR) is 151 cm³/mol. The highest BCUT2D eigenvalue weighted by Gasteiger charge is 2.55. The number of fused-ring (bicyclic) bond motifs is 1. The fraction of sp³-hybridized carbons (Fsp3) is 1.00. The van der Waals surface area contributed by atoms with Gasteiger partial charge in [0.1, 0.15) is 61.0 Å². The van der Waals surface area contributed by atoms with Crippen LogP contribution >= 0.6 is 0 Å². The smallest absolute Gasteiger partial charge is 0.187 e. The zero-order chi connectivity index (χ0) is 32.9. The maximum absolute atomic E-state index is 11.2. The number of aliphatic hydroxyl groups is 6. The van der Waals surface area contributed by atoms with E-state index in [4.69, 9.17) is 61.8 Å². The standard InChI is InChI=1S/C27H51N5O13/c1-7-3-8(2)39-24-18(37)14(32)26(42-20(7)24)43-21-10(30)4-9(29)15(34)23(21)45-27-19(38)22(12(6-33)41-27)44-25-13(31)17(36)16(35)11(5-28)40-25/h7-27,33-38H,3-6,28-32H2,1-2H3/t7?,8?,9-,10?,11?,12-,13?,14?,15?,16-,17+,18-,19?,20?,21-,22+,23-,24+,25-,26-,27+/m1/s1. The minimum Gasteiger partial charge on any atom is -0.394 e. The van der Waals surface area contributed by atoms with Crippen molar-refractivity contribution >= 4 is 0 Å². The highest BCUT2D eigenvalue weighted by atomic mass is 16.8. The van der Waals surface area contributed by atoms with Crippen molar-refractivity contribution in [1.29, 1.82) is 0 Å². The SMILES string of the molecule is CC1CC(C)C2O[C@H](O[C@@H]3C(N)C[C@@H](N)C(O)[C@H]3O[C@@H]3O[C@H](CO)[C@H](O[C@H]4OC(CN)[C@@H](O)[C@@H](O)C4N)C3O)C(N)[C@@H](O)[C@@H]2O1. The van der Waals surface area contributed by atoms with Crippen molar-refractivity contribution in [2.24, 2.45) is 34.6 Å². The van der Waals surface area contributed by atoms with E-state index in [0.29, 0.717) is 6.42 Å². The minimum absolute atomic E-state index is 0.0262. The van der Waals surface area contributed by atoms with Crippen molar-refractivity contribution in [1.82, 2.24) is 0 Å². The molecule has 4 saturated heterocycles. The van der Waals surface area contributed by atoms with Crippen LogP contribution in [0, 0.1) is 5.92 Å². The van der Waals surface area contributed by atoms with Gasteiger partial charge in [-0.3, -0.25) is 0 Å². The second-order valence-electron chi connectivity index (χ2n) is 13.1. The molecule has 0 radical (unpaired) electrons. The van der Waals surface area contributed by atoms with Gasteiger partial charge < -0.3 is 92.5 Å². The largest absolute Gasteiger partial charge is 0.394 e. The molecule has 0 spiro atoms. The normalized spacial score (nSPS) is 55.8. The Hall–Kier alpha value is -0.720. The van der Waals surface area contributed by atoms with Gasteiger partial charge in [0.05, 0.1) is 37.0 Å². The van der Waals surface area contributed by atoms with Crippen LogP contribution in [0.1, 0.15) is 26.7 Å². The van der Waals surface area contributed by atoms with Gasteiger partial charge in [-0.25, -0.2) is 0 Å². The molecule has 262 valence electrons. The van der Waals surface area contributed by atoms with Gasteiger partial charge in [0.15, 0.2) is 18.9 Å². The Balaban J connectivity index is 1.30. The highest BCUT2D eigenvalue weighted by Crippen LogP contribution is 2.38. The molecule has 9 unspecified atom stereocenters. The van der Waals surface area contributed by atoms with E-state index in [1.807, 2.05) is 13.8 Å². The summed E-state index contributed by atoms with van der Waals surface area (Å²) in [5.41, 5.74) is 30.6. The summed E-state index contributed by atoms with van der Waals surface area (Å²) in [7, 11) is 0. The lowest BCUT2D eigenvalue weighted by atomic mass is 9.83. The van der Waals surface area contributed by atoms with E-state index < -0.39 is 123 Å². The number of nitrogens with two attached hydrogens (primary N) is 5. The fourth-order valence-corrected chi connectivity index (χ4v) is 7.09. The highest BCUT2D eigenvalue weighted by molar-refractivity contribution is 5.03. The predicted octanol–water partition coefficient (Wildman–Crippen LogP) is -6.40. The van der Waals surface area contributed by atoms with Crippen LogP contribution in [0.25, 0.3) is 0 Å². The van der Waals surface area contributed by atoms with Crippen LogP contribution < -0.4 is 28.7 Å². The topological polar surface area (TPSA) is 316 Å². The Bertz CT molecular complexity index is 976. The summed E-state index contributed by atoms with van der Waals surface area (Å²) < 4.78 is 41.7. The lowest BCUT2D eigenvalue weighted by molar-refractivity contribution is -0.328. The van der Waals surface area contributed by atoms with Crippen molar-refractivity contribution in [3.8, 4) is 0 Å². The van der Waals surface area contributed by atoms with E-state index in [-0.39, 0.29) is 25.0 Å². The van der Waals surface area contributed by atoms with Gasteiger partial charge in [-0.1, -0.05) is 6.92 Å². The Labute approximate surface area is 260 Å². The van der Waals surface area contributed by atoms with Gasteiger partial charge in [0.25, 0.3) is 0 Å². The fourth-order valence-electron chi connectivity index (χ4n) is 7.09. The van der Waals surface area contributed by atoms with Crippen molar-refractivity contribution in [3.05, 3.63) is 0 Å². The number of rotatable bonds is 8. The van der Waals surface area contributed by atoms with Gasteiger partial charge in [-0.05, 0) is 25.7 Å². The molecular weight excluding hydrogens is 602 g/mol. The molecule has 5 fully saturated rings. The molecule has 5 rings (SSSR count). The Kier molecular flexibility index (Phi) is 11.4. The summed E-state index contributed by atoms with van der Waals surface area (Å²) in [5.74, 6) is 0.0262.